The van der Waals surface area contributed by atoms with Crippen molar-refractivity contribution in [2.75, 3.05) is 19.6 Å². The topological polar surface area (TPSA) is 44.4 Å². The third-order valence-electron chi connectivity index (χ3n) is 3.27. The number of hydrogen-bond acceptors (Lipinski definition) is 2. The van der Waals surface area contributed by atoms with Crippen LogP contribution in [0.4, 0.5) is 4.79 Å². The number of nitrogens with zero attached hydrogens (tertiary/aromatic N) is 1. The van der Waals surface area contributed by atoms with Crippen molar-refractivity contribution in [2.45, 2.75) is 53.1 Å². The Morgan fingerprint density at radius 1 is 1.17 bits per heavy atom. The minimum absolute atomic E-state index is 0.0596. The van der Waals surface area contributed by atoms with Crippen LogP contribution in [-0.2, 0) is 0 Å². The lowest BCUT2D eigenvalue weighted by Gasteiger charge is -2.36. The quantitative estimate of drug-likeness (QED) is 0.807. The lowest BCUT2D eigenvalue weighted by molar-refractivity contribution is 0.131. The van der Waals surface area contributed by atoms with Gasteiger partial charge in [0.2, 0.25) is 0 Å². The molecule has 3 unspecified atom stereocenters. The number of nitrogens with one attached hydrogen (secondary N) is 2. The Labute approximate surface area is 111 Å². The molecule has 1 aliphatic rings. The van der Waals surface area contributed by atoms with Crippen molar-refractivity contribution in [3.63, 3.8) is 0 Å². The van der Waals surface area contributed by atoms with Gasteiger partial charge in [-0.25, -0.2) is 4.79 Å². The van der Waals surface area contributed by atoms with Crippen LogP contribution < -0.4 is 10.6 Å². The molecule has 4 nitrogen and oxygen atoms in total. The van der Waals surface area contributed by atoms with Crippen LogP contribution in [0.3, 0.4) is 0 Å². The van der Waals surface area contributed by atoms with Gasteiger partial charge in [-0.3, -0.25) is 0 Å². The van der Waals surface area contributed by atoms with Crippen LogP contribution in [0.5, 0.6) is 0 Å². The highest BCUT2D eigenvalue weighted by molar-refractivity contribution is 5.74. The molecule has 0 saturated carbocycles. The second-order valence-corrected chi connectivity index (χ2v) is 6.34. The van der Waals surface area contributed by atoms with E-state index in [0.717, 1.165) is 31.5 Å². The molecule has 0 aromatic heterocycles. The first kappa shape index (κ1) is 15.3. The zero-order chi connectivity index (χ0) is 13.7. The number of carbonyl (C=O) groups excluding carboxylic acids is 1. The molecule has 18 heavy (non-hydrogen) atoms. The van der Waals surface area contributed by atoms with E-state index in [1.165, 1.54) is 6.42 Å². The van der Waals surface area contributed by atoms with Gasteiger partial charge in [-0.1, -0.05) is 13.8 Å². The van der Waals surface area contributed by atoms with Crippen LogP contribution in [0.2, 0.25) is 0 Å². The molecule has 2 amide bonds. The second-order valence-electron chi connectivity index (χ2n) is 6.34. The monoisotopic (exact) mass is 255 g/mol. The van der Waals surface area contributed by atoms with Crippen molar-refractivity contribution in [1.29, 1.82) is 0 Å². The molecule has 0 aromatic rings. The highest BCUT2D eigenvalue weighted by Gasteiger charge is 2.23. The lowest BCUT2D eigenvalue weighted by Crippen LogP contribution is -2.50. The Hall–Kier alpha value is -0.770. The molecule has 0 aliphatic carbocycles. The van der Waals surface area contributed by atoms with Crippen LogP contribution in [0, 0.1) is 11.8 Å². The average molecular weight is 255 g/mol. The molecule has 0 aromatic carbocycles. The zero-order valence-electron chi connectivity index (χ0n) is 12.5. The molecule has 2 N–H and O–H groups in total. The number of piperidine rings is 1. The summed E-state index contributed by atoms with van der Waals surface area (Å²) < 4.78 is 0. The fourth-order valence-electron chi connectivity index (χ4n) is 2.90. The van der Waals surface area contributed by atoms with Gasteiger partial charge in [-0.05, 0) is 39.0 Å². The summed E-state index contributed by atoms with van der Waals surface area (Å²) >= 11 is 0. The number of urea groups is 1. The normalized spacial score (nSPS) is 27.0. The minimum atomic E-state index is -0.0596. The van der Waals surface area contributed by atoms with E-state index >= 15 is 0 Å². The first-order valence-corrected chi connectivity index (χ1v) is 7.16. The van der Waals surface area contributed by atoms with Crippen molar-refractivity contribution in [1.82, 2.24) is 15.5 Å². The van der Waals surface area contributed by atoms with Crippen molar-refractivity contribution in [3.8, 4) is 0 Å². The number of hydrogen-bond donors (Lipinski definition) is 2. The standard InChI is InChI=1S/C14H29N3O/c1-10(2)15-14(18)16-13(5)9-17-7-11(3)6-12(4)8-17/h10-13H,6-9H2,1-5H3,(H2,15,16,18). The van der Waals surface area contributed by atoms with Crippen molar-refractivity contribution >= 4 is 6.03 Å². The molecule has 1 heterocycles. The third-order valence-corrected chi connectivity index (χ3v) is 3.27. The maximum Gasteiger partial charge on any atom is 0.315 e. The number of amides is 2. The van der Waals surface area contributed by atoms with Crippen LogP contribution >= 0.6 is 0 Å². The van der Waals surface area contributed by atoms with Crippen LogP contribution in [0.25, 0.3) is 0 Å². The zero-order valence-corrected chi connectivity index (χ0v) is 12.5. The summed E-state index contributed by atoms with van der Waals surface area (Å²) in [5.74, 6) is 1.54. The number of carbonyl (C=O) groups is 1. The summed E-state index contributed by atoms with van der Waals surface area (Å²) in [6, 6.07) is 0.323. The molecular weight excluding hydrogens is 226 g/mol. The van der Waals surface area contributed by atoms with Gasteiger partial charge in [-0.15, -0.1) is 0 Å². The molecule has 4 heteroatoms. The van der Waals surface area contributed by atoms with Gasteiger partial charge >= 0.3 is 6.03 Å². The summed E-state index contributed by atoms with van der Waals surface area (Å²) in [6.07, 6.45) is 1.33. The summed E-state index contributed by atoms with van der Waals surface area (Å²) in [5, 5.41) is 5.86. The maximum atomic E-state index is 11.6. The van der Waals surface area contributed by atoms with Gasteiger partial charge < -0.3 is 15.5 Å². The van der Waals surface area contributed by atoms with E-state index < -0.39 is 0 Å². The minimum Gasteiger partial charge on any atom is -0.336 e. The van der Waals surface area contributed by atoms with E-state index in [2.05, 4.69) is 36.3 Å². The average Bonchev–Trinajstić information content (AvgIpc) is 2.12. The summed E-state index contributed by atoms with van der Waals surface area (Å²) in [5.41, 5.74) is 0. The fourth-order valence-corrected chi connectivity index (χ4v) is 2.90. The molecule has 1 aliphatic heterocycles. The smallest absolute Gasteiger partial charge is 0.315 e. The Bertz CT molecular complexity index is 258. The molecular formula is C14H29N3O. The Kier molecular flexibility index (Phi) is 5.93. The van der Waals surface area contributed by atoms with Gasteiger partial charge in [0, 0.05) is 31.7 Å². The van der Waals surface area contributed by atoms with E-state index in [0.29, 0.717) is 0 Å². The van der Waals surface area contributed by atoms with Crippen molar-refractivity contribution in [2.24, 2.45) is 11.8 Å². The van der Waals surface area contributed by atoms with Crippen LogP contribution in [-0.4, -0.2) is 42.6 Å². The predicted molar refractivity (Wildman–Crippen MR) is 75.7 cm³/mol. The molecule has 0 radical (unpaired) electrons. The summed E-state index contributed by atoms with van der Waals surface area (Å²) in [4.78, 5) is 14.1. The third kappa shape index (κ3) is 5.71. The van der Waals surface area contributed by atoms with Crippen LogP contribution in [0.1, 0.15) is 41.0 Å². The molecule has 1 fully saturated rings. The van der Waals surface area contributed by atoms with Crippen molar-refractivity contribution in [3.05, 3.63) is 0 Å². The molecule has 1 rings (SSSR count). The van der Waals surface area contributed by atoms with E-state index in [1.54, 1.807) is 0 Å². The lowest BCUT2D eigenvalue weighted by atomic mass is 9.92. The predicted octanol–water partition coefficient (Wildman–Crippen LogP) is 2.06. The second kappa shape index (κ2) is 6.98. The highest BCUT2D eigenvalue weighted by atomic mass is 16.2. The molecule has 0 spiro atoms. The first-order chi connectivity index (χ1) is 8.36. The van der Waals surface area contributed by atoms with Gasteiger partial charge in [0.25, 0.3) is 0 Å². The molecule has 1 saturated heterocycles. The fraction of sp³-hybridized carbons (Fsp3) is 0.929. The van der Waals surface area contributed by atoms with E-state index in [4.69, 9.17) is 0 Å². The number of likely N-dealkylation sites (tertiary alicyclic amines) is 1. The van der Waals surface area contributed by atoms with E-state index in [-0.39, 0.29) is 18.1 Å². The Morgan fingerprint density at radius 3 is 2.22 bits per heavy atom. The van der Waals surface area contributed by atoms with E-state index in [1.807, 2.05) is 13.8 Å². The van der Waals surface area contributed by atoms with Gasteiger partial charge in [0.05, 0.1) is 0 Å². The maximum absolute atomic E-state index is 11.6. The first-order valence-electron chi connectivity index (χ1n) is 7.16. The van der Waals surface area contributed by atoms with Gasteiger partial charge in [0.15, 0.2) is 0 Å². The van der Waals surface area contributed by atoms with E-state index in [9.17, 15) is 4.79 Å². The molecule has 0 bridgehead atoms. The summed E-state index contributed by atoms with van der Waals surface area (Å²) in [7, 11) is 0. The molecule has 3 atom stereocenters. The van der Waals surface area contributed by atoms with Crippen molar-refractivity contribution < 1.29 is 4.79 Å². The Morgan fingerprint density at radius 2 is 1.72 bits per heavy atom. The SMILES string of the molecule is CC1CC(C)CN(CC(C)NC(=O)NC(C)C)C1. The summed E-state index contributed by atoms with van der Waals surface area (Å²) in [6.45, 7) is 13.9. The van der Waals surface area contributed by atoms with Gasteiger partial charge in [0.1, 0.15) is 0 Å². The Balaban J connectivity index is 2.30. The number of rotatable bonds is 4. The van der Waals surface area contributed by atoms with Gasteiger partial charge in [-0.2, -0.15) is 0 Å². The van der Waals surface area contributed by atoms with Crippen LogP contribution in [0.15, 0.2) is 0 Å². The highest BCUT2D eigenvalue weighted by Crippen LogP contribution is 2.20. The molecule has 106 valence electrons. The largest absolute Gasteiger partial charge is 0.336 e.